The van der Waals surface area contributed by atoms with Crippen LogP contribution in [0.2, 0.25) is 0 Å². The molecule has 6 nitrogen and oxygen atoms in total. The number of halogens is 1. The van der Waals surface area contributed by atoms with Crippen LogP contribution >= 0.6 is 0 Å². The summed E-state index contributed by atoms with van der Waals surface area (Å²) in [7, 11) is 0. The Morgan fingerprint density at radius 3 is 2.59 bits per heavy atom. The van der Waals surface area contributed by atoms with E-state index in [0.29, 0.717) is 11.3 Å². The van der Waals surface area contributed by atoms with E-state index in [0.717, 1.165) is 5.23 Å². The molecule has 110 valence electrons. The molecule has 0 bridgehead atoms. The molecule has 0 spiro atoms. The Morgan fingerprint density at radius 2 is 1.91 bits per heavy atom. The molecule has 0 aromatic heterocycles. The number of benzene rings is 2. The summed E-state index contributed by atoms with van der Waals surface area (Å²) in [5.41, 5.74) is 1.01. The van der Waals surface area contributed by atoms with Gasteiger partial charge in [-0.3, -0.25) is 0 Å². The molecule has 0 amide bonds. The molecule has 1 N–H and O–H groups in total. The molecule has 0 radical (unpaired) electrons. The van der Waals surface area contributed by atoms with Crippen molar-refractivity contribution < 1.29 is 29.0 Å². The van der Waals surface area contributed by atoms with Gasteiger partial charge in [0.2, 0.25) is 6.29 Å². The van der Waals surface area contributed by atoms with Gasteiger partial charge < -0.3 is 5.11 Å². The summed E-state index contributed by atoms with van der Waals surface area (Å²) in [4.78, 5) is 26.2. The van der Waals surface area contributed by atoms with E-state index in [2.05, 4.69) is 0 Å². The van der Waals surface area contributed by atoms with Crippen LogP contribution in [-0.4, -0.2) is 40.6 Å². The molecule has 0 saturated carbocycles. The first-order chi connectivity index (χ1) is 10.1. The first kappa shape index (κ1) is 16.9. The number of hydrogen-bond acceptors (Lipinski definition) is 5. The van der Waals surface area contributed by atoms with Crippen LogP contribution in [0, 0.1) is 5.82 Å². The summed E-state index contributed by atoms with van der Waals surface area (Å²) < 4.78 is 12.9. The molecule has 1 aliphatic rings. The zero-order valence-electron chi connectivity index (χ0n) is 10.6. The van der Waals surface area contributed by atoms with Crippen LogP contribution in [0.15, 0.2) is 48.5 Å². The fourth-order valence-electron chi connectivity index (χ4n) is 1.79. The normalized spacial score (nSPS) is 17.1. The Hall–Kier alpha value is -1.48. The summed E-state index contributed by atoms with van der Waals surface area (Å²) >= 11 is 0. The van der Waals surface area contributed by atoms with Gasteiger partial charge >= 0.3 is 35.5 Å². The number of carboxylic acids is 1. The second-order valence-electron chi connectivity index (χ2n) is 4.27. The van der Waals surface area contributed by atoms with Gasteiger partial charge in [0.05, 0.1) is 11.3 Å². The molecule has 1 heterocycles. The number of anilines is 1. The van der Waals surface area contributed by atoms with Crippen LogP contribution < -0.4 is 5.23 Å². The Morgan fingerprint density at radius 1 is 1.18 bits per heavy atom. The van der Waals surface area contributed by atoms with E-state index in [4.69, 9.17) is 19.8 Å². The van der Waals surface area contributed by atoms with Crippen molar-refractivity contribution in [1.82, 2.24) is 0 Å². The summed E-state index contributed by atoms with van der Waals surface area (Å²) in [6.07, 6.45) is -0.862. The van der Waals surface area contributed by atoms with Gasteiger partial charge in [0, 0.05) is 5.56 Å². The van der Waals surface area contributed by atoms with E-state index < -0.39 is 12.3 Å². The first-order valence-electron chi connectivity index (χ1n) is 6.02. The van der Waals surface area contributed by atoms with E-state index >= 15 is 0 Å². The fraction of sp³-hybridized carbons (Fsp3) is 0.0714. The number of rotatable bonds is 3. The van der Waals surface area contributed by atoms with Crippen molar-refractivity contribution in [2.75, 3.05) is 5.23 Å². The van der Waals surface area contributed by atoms with Crippen molar-refractivity contribution >= 4 is 41.2 Å². The Bertz CT molecular complexity index is 667. The Kier molecular flexibility index (Phi) is 5.52. The quantitative estimate of drug-likeness (QED) is 0.692. The standard InChI is InChI=1S/C14H10FNO5.Na.H/c15-11-6-4-9(5-7-11)14-19-16(21-20-14)12-3-1-2-10(8-12)13(17)18;;/h1-8,14H,(H,17,18);;. The molecule has 1 atom stereocenters. The Balaban J connectivity index is 0.00000176. The minimum absolute atomic E-state index is 0. The average molecular weight is 315 g/mol. The van der Waals surface area contributed by atoms with Crippen LogP contribution in [0.4, 0.5) is 10.1 Å². The molecular formula is C14H11FNNaO5. The molecule has 8 heteroatoms. The summed E-state index contributed by atoms with van der Waals surface area (Å²) in [5, 5.41) is 9.90. The summed E-state index contributed by atoms with van der Waals surface area (Å²) in [5.74, 6) is -1.43. The predicted octanol–water partition coefficient (Wildman–Crippen LogP) is 2.19. The van der Waals surface area contributed by atoms with Crippen molar-refractivity contribution in [3.63, 3.8) is 0 Å². The van der Waals surface area contributed by atoms with Gasteiger partial charge in [-0.25, -0.2) is 14.0 Å². The number of nitrogens with zero attached hydrogens (tertiary/aromatic N) is 1. The molecule has 2 aromatic rings. The topological polar surface area (TPSA) is 68.2 Å². The average Bonchev–Trinajstić information content (AvgIpc) is 2.98. The molecule has 2 aromatic carbocycles. The predicted molar refractivity (Wildman–Crippen MR) is 75.4 cm³/mol. The third-order valence-electron chi connectivity index (χ3n) is 2.84. The van der Waals surface area contributed by atoms with Gasteiger partial charge in [-0.15, -0.1) is 0 Å². The number of carbonyl (C=O) groups is 1. The maximum absolute atomic E-state index is 12.9. The monoisotopic (exact) mass is 315 g/mol. The number of carboxylic acid groups (broad SMARTS) is 1. The number of aromatic carboxylic acids is 1. The minimum atomic E-state index is -1.06. The summed E-state index contributed by atoms with van der Waals surface area (Å²) in [6, 6.07) is 11.5. The fourth-order valence-corrected chi connectivity index (χ4v) is 1.79. The van der Waals surface area contributed by atoms with Crippen molar-refractivity contribution in [2.24, 2.45) is 0 Å². The van der Waals surface area contributed by atoms with Crippen molar-refractivity contribution in [2.45, 2.75) is 6.29 Å². The van der Waals surface area contributed by atoms with Gasteiger partial charge in [-0.1, -0.05) is 28.4 Å². The van der Waals surface area contributed by atoms with E-state index in [1.807, 2.05) is 0 Å². The van der Waals surface area contributed by atoms with Crippen LogP contribution in [0.25, 0.3) is 0 Å². The first-order valence-corrected chi connectivity index (χ1v) is 6.02. The van der Waals surface area contributed by atoms with Gasteiger partial charge in [-0.05, 0) is 30.3 Å². The zero-order valence-corrected chi connectivity index (χ0v) is 10.6. The van der Waals surface area contributed by atoms with Gasteiger partial charge in [0.25, 0.3) is 0 Å². The van der Waals surface area contributed by atoms with Crippen LogP contribution in [0.3, 0.4) is 0 Å². The third-order valence-corrected chi connectivity index (χ3v) is 2.84. The molecule has 1 unspecified atom stereocenters. The third kappa shape index (κ3) is 3.64. The van der Waals surface area contributed by atoms with Gasteiger partial charge in [0.1, 0.15) is 5.82 Å². The molecule has 1 fully saturated rings. The van der Waals surface area contributed by atoms with Crippen molar-refractivity contribution in [3.05, 3.63) is 65.5 Å². The number of hydrogen-bond donors (Lipinski definition) is 1. The molecule has 1 saturated heterocycles. The van der Waals surface area contributed by atoms with E-state index in [1.54, 1.807) is 12.1 Å². The zero-order chi connectivity index (χ0) is 14.8. The second kappa shape index (κ2) is 7.19. The molecule has 0 aliphatic carbocycles. The van der Waals surface area contributed by atoms with E-state index in [1.165, 1.54) is 36.4 Å². The van der Waals surface area contributed by atoms with Crippen LogP contribution in [-0.2, 0) is 14.7 Å². The summed E-state index contributed by atoms with van der Waals surface area (Å²) in [6.45, 7) is 0. The van der Waals surface area contributed by atoms with Crippen LogP contribution in [0.1, 0.15) is 22.2 Å². The molecule has 3 rings (SSSR count). The Labute approximate surface area is 147 Å². The van der Waals surface area contributed by atoms with Gasteiger partial charge in [-0.2, -0.15) is 4.89 Å². The van der Waals surface area contributed by atoms with Crippen molar-refractivity contribution in [1.29, 1.82) is 0 Å². The van der Waals surface area contributed by atoms with E-state index in [9.17, 15) is 9.18 Å². The van der Waals surface area contributed by atoms with E-state index in [-0.39, 0.29) is 40.9 Å². The molecule has 1 aliphatic heterocycles. The molecular weight excluding hydrogens is 304 g/mol. The van der Waals surface area contributed by atoms with Crippen molar-refractivity contribution in [3.8, 4) is 0 Å². The van der Waals surface area contributed by atoms with Gasteiger partial charge in [0.15, 0.2) is 0 Å². The second-order valence-corrected chi connectivity index (χ2v) is 4.27. The van der Waals surface area contributed by atoms with Crippen LogP contribution in [0.5, 0.6) is 0 Å². The maximum atomic E-state index is 12.9. The molecule has 22 heavy (non-hydrogen) atoms. The SMILES string of the molecule is O=C(O)c1cccc(N2OOC(c3ccc(F)cc3)O2)c1.[NaH].